The van der Waals surface area contributed by atoms with Gasteiger partial charge in [-0.3, -0.25) is 0 Å². The molecule has 13 heavy (non-hydrogen) atoms. The molecule has 1 aromatic carbocycles. The Kier molecular flexibility index (Phi) is 2.77. The molecule has 0 radical (unpaired) electrons. The second kappa shape index (κ2) is 4.24. The summed E-state index contributed by atoms with van der Waals surface area (Å²) in [6, 6.07) is 10.9. The number of benzene rings is 1. The second-order valence-corrected chi connectivity index (χ2v) is 5.77. The molecule has 1 aliphatic carbocycles. The lowest BCUT2D eigenvalue weighted by Gasteiger charge is -2.11. The van der Waals surface area contributed by atoms with Crippen LogP contribution < -0.4 is 5.19 Å². The minimum atomic E-state index is -0.0952. The summed E-state index contributed by atoms with van der Waals surface area (Å²) in [4.78, 5) is 0. The second-order valence-electron chi connectivity index (χ2n) is 3.50. The van der Waals surface area contributed by atoms with Gasteiger partial charge in [-0.2, -0.15) is 0 Å². The Morgan fingerprint density at radius 1 is 1.08 bits per heavy atom. The normalized spacial score (nSPS) is 21.4. The van der Waals surface area contributed by atoms with E-state index in [2.05, 4.69) is 54.6 Å². The summed E-state index contributed by atoms with van der Waals surface area (Å²) >= 11 is 0. The summed E-state index contributed by atoms with van der Waals surface area (Å²) in [6.07, 6.45) is 10.2. The van der Waals surface area contributed by atoms with Crippen LogP contribution in [0.15, 0.2) is 54.6 Å². The van der Waals surface area contributed by atoms with Gasteiger partial charge in [-0.05, 0) is 12.0 Å². The lowest BCUT2D eigenvalue weighted by Crippen LogP contribution is -2.18. The topological polar surface area (TPSA) is 0 Å². The van der Waals surface area contributed by atoms with Gasteiger partial charge in [0.05, 0.1) is 9.52 Å². The number of hydrogen-bond acceptors (Lipinski definition) is 0. The highest BCUT2D eigenvalue weighted by Crippen LogP contribution is 2.15. The first-order valence-electron chi connectivity index (χ1n) is 4.82. The van der Waals surface area contributed by atoms with Crippen molar-refractivity contribution in [2.24, 2.45) is 0 Å². The number of hydrogen-bond donors (Lipinski definition) is 0. The summed E-state index contributed by atoms with van der Waals surface area (Å²) in [7, 11) is -0.0952. The zero-order valence-corrected chi connectivity index (χ0v) is 9.10. The van der Waals surface area contributed by atoms with Crippen LogP contribution in [0.5, 0.6) is 0 Å². The van der Waals surface area contributed by atoms with Crippen LogP contribution >= 0.6 is 0 Å². The van der Waals surface area contributed by atoms with E-state index < -0.39 is 0 Å². The SMILES string of the molecule is C1=CCC([SiH2]c2ccccc2)C=C1. The van der Waals surface area contributed by atoms with E-state index in [1.165, 1.54) is 6.42 Å². The van der Waals surface area contributed by atoms with E-state index in [0.29, 0.717) is 0 Å². The molecule has 0 heterocycles. The molecule has 0 fully saturated rings. The fourth-order valence-electron chi connectivity index (χ4n) is 1.70. The fraction of sp³-hybridized carbons (Fsp3) is 0.167. The van der Waals surface area contributed by atoms with Gasteiger partial charge in [0.1, 0.15) is 0 Å². The first-order chi connectivity index (χ1) is 6.45. The van der Waals surface area contributed by atoms with Crippen molar-refractivity contribution in [1.29, 1.82) is 0 Å². The average molecular weight is 186 g/mol. The zero-order valence-electron chi connectivity index (χ0n) is 7.69. The van der Waals surface area contributed by atoms with Gasteiger partial charge in [0, 0.05) is 0 Å². The van der Waals surface area contributed by atoms with Crippen LogP contribution in [-0.2, 0) is 0 Å². The summed E-state index contributed by atoms with van der Waals surface area (Å²) in [6.45, 7) is 0. The Morgan fingerprint density at radius 3 is 2.62 bits per heavy atom. The Hall–Kier alpha value is -1.08. The molecule has 0 bridgehead atoms. The molecule has 0 N–H and O–H groups in total. The maximum Gasteiger partial charge on any atom is 0.0620 e. The fourth-order valence-corrected chi connectivity index (χ4v) is 3.50. The highest BCUT2D eigenvalue weighted by Gasteiger charge is 2.06. The highest BCUT2D eigenvalue weighted by atomic mass is 28.2. The molecule has 1 atom stereocenters. The first kappa shape index (κ1) is 8.51. The van der Waals surface area contributed by atoms with Crippen molar-refractivity contribution < 1.29 is 0 Å². The van der Waals surface area contributed by atoms with E-state index in [1.54, 1.807) is 5.19 Å². The molecule has 66 valence electrons. The maximum absolute atomic E-state index is 2.36. The Labute approximate surface area is 81.8 Å². The lowest BCUT2D eigenvalue weighted by atomic mass is 10.2. The van der Waals surface area contributed by atoms with E-state index in [-0.39, 0.29) is 9.52 Å². The predicted molar refractivity (Wildman–Crippen MR) is 61.3 cm³/mol. The van der Waals surface area contributed by atoms with Crippen LogP contribution in [0, 0.1) is 0 Å². The van der Waals surface area contributed by atoms with E-state index in [9.17, 15) is 0 Å². The van der Waals surface area contributed by atoms with Crippen LogP contribution in [0.25, 0.3) is 0 Å². The molecule has 1 unspecified atom stereocenters. The Morgan fingerprint density at radius 2 is 1.92 bits per heavy atom. The van der Waals surface area contributed by atoms with E-state index in [4.69, 9.17) is 0 Å². The monoisotopic (exact) mass is 186 g/mol. The summed E-state index contributed by atoms with van der Waals surface area (Å²) in [5.41, 5.74) is 0.840. The molecule has 0 saturated carbocycles. The predicted octanol–water partition coefficient (Wildman–Crippen LogP) is 1.79. The van der Waals surface area contributed by atoms with Gasteiger partial charge >= 0.3 is 0 Å². The minimum Gasteiger partial charge on any atom is -0.0843 e. The molecular weight excluding hydrogens is 172 g/mol. The molecule has 0 nitrogen and oxygen atoms in total. The molecular formula is C12H14Si. The van der Waals surface area contributed by atoms with E-state index >= 15 is 0 Å². The van der Waals surface area contributed by atoms with E-state index in [1.807, 2.05) is 0 Å². The van der Waals surface area contributed by atoms with Crippen molar-refractivity contribution in [3.05, 3.63) is 54.6 Å². The third-order valence-electron chi connectivity index (χ3n) is 2.41. The van der Waals surface area contributed by atoms with Crippen molar-refractivity contribution in [2.45, 2.75) is 12.0 Å². The molecule has 0 saturated heterocycles. The lowest BCUT2D eigenvalue weighted by molar-refractivity contribution is 1.02. The van der Waals surface area contributed by atoms with E-state index in [0.717, 1.165) is 5.54 Å². The molecule has 0 aliphatic heterocycles. The largest absolute Gasteiger partial charge is 0.0843 e. The quantitative estimate of drug-likeness (QED) is 0.618. The van der Waals surface area contributed by atoms with Gasteiger partial charge in [-0.1, -0.05) is 59.8 Å². The van der Waals surface area contributed by atoms with Crippen molar-refractivity contribution in [3.8, 4) is 0 Å². The van der Waals surface area contributed by atoms with Crippen LogP contribution in [0.2, 0.25) is 5.54 Å². The van der Waals surface area contributed by atoms with Crippen molar-refractivity contribution in [3.63, 3.8) is 0 Å². The smallest absolute Gasteiger partial charge is 0.0620 e. The molecule has 0 spiro atoms. The number of allylic oxidation sites excluding steroid dienone is 4. The third-order valence-corrected chi connectivity index (χ3v) is 4.48. The van der Waals surface area contributed by atoms with Crippen LogP contribution in [-0.4, -0.2) is 9.52 Å². The third kappa shape index (κ3) is 2.43. The van der Waals surface area contributed by atoms with Crippen LogP contribution in [0.4, 0.5) is 0 Å². The molecule has 0 aromatic heterocycles. The van der Waals surface area contributed by atoms with Crippen LogP contribution in [0.1, 0.15) is 6.42 Å². The first-order valence-corrected chi connectivity index (χ1v) is 6.35. The van der Waals surface area contributed by atoms with Gasteiger partial charge < -0.3 is 0 Å². The highest BCUT2D eigenvalue weighted by molar-refractivity contribution is 6.55. The van der Waals surface area contributed by atoms with Gasteiger partial charge in [0.2, 0.25) is 0 Å². The Balaban J connectivity index is 1.99. The van der Waals surface area contributed by atoms with Gasteiger partial charge in [-0.15, -0.1) is 0 Å². The maximum atomic E-state index is 2.36. The summed E-state index contributed by atoms with van der Waals surface area (Å²) in [5.74, 6) is 0. The zero-order chi connectivity index (χ0) is 8.93. The molecule has 0 amide bonds. The molecule has 1 heteroatoms. The van der Waals surface area contributed by atoms with Gasteiger partial charge in [0.15, 0.2) is 0 Å². The molecule has 1 aromatic rings. The summed E-state index contributed by atoms with van der Waals surface area (Å²) < 4.78 is 0. The van der Waals surface area contributed by atoms with Gasteiger partial charge in [0.25, 0.3) is 0 Å². The number of rotatable bonds is 2. The molecule has 1 aliphatic rings. The molecule has 2 rings (SSSR count). The van der Waals surface area contributed by atoms with Crippen molar-refractivity contribution >= 4 is 14.7 Å². The average Bonchev–Trinajstić information content (AvgIpc) is 2.21. The summed E-state index contributed by atoms with van der Waals surface area (Å²) in [5, 5.41) is 1.58. The van der Waals surface area contributed by atoms with Gasteiger partial charge in [-0.25, -0.2) is 0 Å². The minimum absolute atomic E-state index is 0.0952. The van der Waals surface area contributed by atoms with Crippen molar-refractivity contribution in [2.75, 3.05) is 0 Å². The standard InChI is InChI=1S/C12H14Si/c1-3-7-11(8-4-1)13-12-9-5-2-6-10-12/h1-9,12H,10,13H2. The Bertz CT molecular complexity index is 311. The van der Waals surface area contributed by atoms with Crippen molar-refractivity contribution in [1.82, 2.24) is 0 Å². The van der Waals surface area contributed by atoms with Crippen LogP contribution in [0.3, 0.4) is 0 Å².